The van der Waals surface area contributed by atoms with E-state index >= 15 is 0 Å². The number of methoxy groups -OCH3 is 1. The van der Waals surface area contributed by atoms with Crippen LogP contribution in [0.15, 0.2) is 23.1 Å². The van der Waals surface area contributed by atoms with Gasteiger partial charge in [0.1, 0.15) is 5.82 Å². The summed E-state index contributed by atoms with van der Waals surface area (Å²) < 4.78 is 40.8. The number of halogens is 1. The highest BCUT2D eigenvalue weighted by atomic mass is 32.2. The second-order valence-electron chi connectivity index (χ2n) is 4.63. The quantitative estimate of drug-likeness (QED) is 0.849. The summed E-state index contributed by atoms with van der Waals surface area (Å²) in [5, 5.41) is 7.85. The Labute approximate surface area is 106 Å². The zero-order valence-corrected chi connectivity index (χ0v) is 11.3. The molecule has 0 saturated heterocycles. The van der Waals surface area contributed by atoms with Crippen molar-refractivity contribution in [2.24, 2.45) is 5.14 Å². The van der Waals surface area contributed by atoms with Crippen LogP contribution in [0.2, 0.25) is 0 Å². The number of primary sulfonamides is 1. The standard InChI is InChI=1S/C11H17FN2O3S/c1-11(2,7-17-3)14-10-5-4-8(6-9(10)12)18(13,15)16/h4-6,14H,7H2,1-3H3,(H2,13,15,16). The number of hydrogen-bond donors (Lipinski definition) is 2. The van der Waals surface area contributed by atoms with Gasteiger partial charge in [-0.2, -0.15) is 0 Å². The van der Waals surface area contributed by atoms with E-state index in [9.17, 15) is 12.8 Å². The van der Waals surface area contributed by atoms with Crippen LogP contribution in [0, 0.1) is 5.82 Å². The van der Waals surface area contributed by atoms with Crippen molar-refractivity contribution in [3.8, 4) is 0 Å². The van der Waals surface area contributed by atoms with E-state index in [0.29, 0.717) is 6.61 Å². The van der Waals surface area contributed by atoms with E-state index in [0.717, 1.165) is 6.07 Å². The molecule has 0 atom stereocenters. The maximum atomic E-state index is 13.7. The van der Waals surface area contributed by atoms with Crippen molar-refractivity contribution in [1.82, 2.24) is 0 Å². The molecule has 0 aliphatic rings. The van der Waals surface area contributed by atoms with Crippen molar-refractivity contribution in [1.29, 1.82) is 0 Å². The summed E-state index contributed by atoms with van der Waals surface area (Å²) in [5.74, 6) is -0.675. The first-order valence-corrected chi connectivity index (χ1v) is 6.80. The summed E-state index contributed by atoms with van der Waals surface area (Å²) in [6.07, 6.45) is 0. The number of ether oxygens (including phenoxy) is 1. The molecule has 1 aromatic carbocycles. The highest BCUT2D eigenvalue weighted by molar-refractivity contribution is 7.89. The van der Waals surface area contributed by atoms with Crippen molar-refractivity contribution in [3.05, 3.63) is 24.0 Å². The fourth-order valence-corrected chi connectivity index (χ4v) is 2.06. The third-order valence-corrected chi connectivity index (χ3v) is 3.16. The zero-order valence-electron chi connectivity index (χ0n) is 10.5. The molecule has 0 fully saturated rings. The van der Waals surface area contributed by atoms with Crippen LogP contribution in [0.3, 0.4) is 0 Å². The summed E-state index contributed by atoms with van der Waals surface area (Å²) in [6, 6.07) is 3.48. The maximum Gasteiger partial charge on any atom is 0.238 e. The minimum absolute atomic E-state index is 0.199. The monoisotopic (exact) mass is 276 g/mol. The molecule has 102 valence electrons. The van der Waals surface area contributed by atoms with E-state index in [2.05, 4.69) is 5.32 Å². The van der Waals surface area contributed by atoms with E-state index in [1.807, 2.05) is 13.8 Å². The van der Waals surface area contributed by atoms with Gasteiger partial charge in [-0.1, -0.05) is 0 Å². The molecule has 0 bridgehead atoms. The van der Waals surface area contributed by atoms with Crippen molar-refractivity contribution in [3.63, 3.8) is 0 Å². The number of nitrogens with one attached hydrogen (secondary N) is 1. The Kier molecular flexibility index (Phi) is 4.31. The SMILES string of the molecule is COCC(C)(C)Nc1ccc(S(N)(=O)=O)cc1F. The first-order valence-electron chi connectivity index (χ1n) is 5.25. The van der Waals surface area contributed by atoms with Gasteiger partial charge >= 0.3 is 0 Å². The van der Waals surface area contributed by atoms with E-state index in [4.69, 9.17) is 9.88 Å². The molecule has 0 aliphatic carbocycles. The fourth-order valence-electron chi connectivity index (χ4n) is 1.54. The van der Waals surface area contributed by atoms with Crippen LogP contribution in [0.5, 0.6) is 0 Å². The van der Waals surface area contributed by atoms with E-state index in [1.165, 1.54) is 12.1 Å². The zero-order chi connectivity index (χ0) is 14.0. The molecule has 0 amide bonds. The van der Waals surface area contributed by atoms with Gasteiger partial charge in [-0.05, 0) is 32.0 Å². The van der Waals surface area contributed by atoms with Crippen LogP contribution in [0.1, 0.15) is 13.8 Å². The Bertz CT molecular complexity index is 529. The molecular formula is C11H17FN2O3S. The molecule has 18 heavy (non-hydrogen) atoms. The first kappa shape index (κ1) is 14.9. The predicted octanol–water partition coefficient (Wildman–Crippen LogP) is 1.31. The number of rotatable bonds is 5. The molecule has 0 saturated carbocycles. The largest absolute Gasteiger partial charge is 0.382 e. The molecule has 7 heteroatoms. The van der Waals surface area contributed by atoms with E-state index in [-0.39, 0.29) is 10.6 Å². The molecule has 1 aromatic rings. The fraction of sp³-hybridized carbons (Fsp3) is 0.455. The molecular weight excluding hydrogens is 259 g/mol. The van der Waals surface area contributed by atoms with Crippen LogP contribution in [-0.2, 0) is 14.8 Å². The third-order valence-electron chi connectivity index (χ3n) is 2.25. The smallest absolute Gasteiger partial charge is 0.238 e. The number of sulfonamides is 1. The van der Waals surface area contributed by atoms with Gasteiger partial charge < -0.3 is 10.1 Å². The Morgan fingerprint density at radius 1 is 1.44 bits per heavy atom. The molecule has 0 radical (unpaired) electrons. The lowest BCUT2D eigenvalue weighted by Crippen LogP contribution is -2.36. The summed E-state index contributed by atoms with van der Waals surface area (Å²) in [7, 11) is -2.34. The third kappa shape index (κ3) is 3.94. The molecule has 0 spiro atoms. The average Bonchev–Trinajstić information content (AvgIpc) is 2.19. The first-order chi connectivity index (χ1) is 8.15. The lowest BCUT2D eigenvalue weighted by atomic mass is 10.1. The highest BCUT2D eigenvalue weighted by Gasteiger charge is 2.20. The Hall–Kier alpha value is -1.18. The van der Waals surface area contributed by atoms with Gasteiger partial charge in [-0.15, -0.1) is 0 Å². The van der Waals surface area contributed by atoms with Crippen molar-refractivity contribution >= 4 is 15.7 Å². The lowest BCUT2D eigenvalue weighted by Gasteiger charge is -2.26. The second-order valence-corrected chi connectivity index (χ2v) is 6.19. The van der Waals surface area contributed by atoms with Gasteiger partial charge in [-0.25, -0.2) is 17.9 Å². The van der Waals surface area contributed by atoms with Crippen LogP contribution >= 0.6 is 0 Å². The normalized spacial score (nSPS) is 12.5. The van der Waals surface area contributed by atoms with Gasteiger partial charge in [0.05, 0.1) is 22.7 Å². The maximum absolute atomic E-state index is 13.7. The number of anilines is 1. The van der Waals surface area contributed by atoms with Gasteiger partial charge in [-0.3, -0.25) is 0 Å². The lowest BCUT2D eigenvalue weighted by molar-refractivity contribution is 0.158. The molecule has 1 rings (SSSR count). The predicted molar refractivity (Wildman–Crippen MR) is 67.4 cm³/mol. The van der Waals surface area contributed by atoms with E-state index in [1.54, 1.807) is 7.11 Å². The molecule has 3 N–H and O–H groups in total. The van der Waals surface area contributed by atoms with Gasteiger partial charge in [0.2, 0.25) is 10.0 Å². The summed E-state index contributed by atoms with van der Waals surface area (Å²) in [5.41, 5.74) is -0.275. The molecule has 0 aliphatic heterocycles. The topological polar surface area (TPSA) is 81.4 Å². The Morgan fingerprint density at radius 3 is 2.50 bits per heavy atom. The van der Waals surface area contributed by atoms with Gasteiger partial charge in [0, 0.05) is 7.11 Å². The molecule has 0 heterocycles. The van der Waals surface area contributed by atoms with Crippen LogP contribution in [0.4, 0.5) is 10.1 Å². The number of hydrogen-bond acceptors (Lipinski definition) is 4. The van der Waals surface area contributed by atoms with Gasteiger partial charge in [0.25, 0.3) is 0 Å². The van der Waals surface area contributed by atoms with Crippen molar-refractivity contribution < 1.29 is 17.5 Å². The summed E-state index contributed by atoms with van der Waals surface area (Å²) in [6.45, 7) is 4.05. The molecule has 0 unspecified atom stereocenters. The van der Waals surface area contributed by atoms with Crippen molar-refractivity contribution in [2.45, 2.75) is 24.3 Å². The number of nitrogens with two attached hydrogens (primary N) is 1. The van der Waals surface area contributed by atoms with Crippen molar-refractivity contribution in [2.75, 3.05) is 19.0 Å². The van der Waals surface area contributed by atoms with Gasteiger partial charge in [0.15, 0.2) is 0 Å². The second kappa shape index (κ2) is 5.21. The Morgan fingerprint density at radius 2 is 2.06 bits per heavy atom. The highest BCUT2D eigenvalue weighted by Crippen LogP contribution is 2.21. The minimum Gasteiger partial charge on any atom is -0.382 e. The molecule has 5 nitrogen and oxygen atoms in total. The summed E-state index contributed by atoms with van der Waals surface area (Å²) in [4.78, 5) is -0.255. The molecule has 0 aromatic heterocycles. The summed E-state index contributed by atoms with van der Waals surface area (Å²) >= 11 is 0. The van der Waals surface area contributed by atoms with Crippen LogP contribution < -0.4 is 10.5 Å². The Balaban J connectivity index is 3.00. The number of benzene rings is 1. The average molecular weight is 276 g/mol. The minimum atomic E-state index is -3.89. The van der Waals surface area contributed by atoms with Crippen LogP contribution in [-0.4, -0.2) is 27.7 Å². The van der Waals surface area contributed by atoms with Crippen LogP contribution in [0.25, 0.3) is 0 Å². The van der Waals surface area contributed by atoms with E-state index < -0.39 is 21.4 Å².